The number of fused-ring (bicyclic) bond motifs is 2. The Labute approximate surface area is 172 Å². The van der Waals surface area contributed by atoms with Gasteiger partial charge in [0.25, 0.3) is 0 Å². The zero-order valence-electron chi connectivity index (χ0n) is 16.3. The Morgan fingerprint density at radius 3 is 2.40 bits per heavy atom. The molecule has 0 radical (unpaired) electrons. The van der Waals surface area contributed by atoms with E-state index in [9.17, 15) is 18.0 Å². The summed E-state index contributed by atoms with van der Waals surface area (Å²) in [7, 11) is 0. The Morgan fingerprint density at radius 2 is 1.73 bits per heavy atom. The number of carbonyl (C=O) groups excluding carboxylic acids is 1. The first-order valence-electron chi connectivity index (χ1n) is 9.91. The Bertz CT molecular complexity index is 910. The number of rotatable bonds is 5. The molecule has 4 nitrogen and oxygen atoms in total. The van der Waals surface area contributed by atoms with Gasteiger partial charge in [-0.1, -0.05) is 54.1 Å². The Balaban J connectivity index is 1.36. The number of hydrogen-bond donors (Lipinski definition) is 0. The van der Waals surface area contributed by atoms with E-state index in [-0.39, 0.29) is 30.5 Å². The van der Waals surface area contributed by atoms with E-state index in [4.69, 9.17) is 4.74 Å². The minimum atomic E-state index is -4.69. The molecule has 158 valence electrons. The maximum Gasteiger partial charge on any atom is 0.573 e. The number of amides is 1. The van der Waals surface area contributed by atoms with Crippen LogP contribution < -0.4 is 4.74 Å². The van der Waals surface area contributed by atoms with Crippen LogP contribution in [0.5, 0.6) is 5.75 Å². The fourth-order valence-corrected chi connectivity index (χ4v) is 4.20. The van der Waals surface area contributed by atoms with Crippen LogP contribution in [-0.4, -0.2) is 29.4 Å². The molecule has 0 saturated carbocycles. The van der Waals surface area contributed by atoms with Crippen LogP contribution in [-0.2, 0) is 17.8 Å². The van der Waals surface area contributed by atoms with Crippen molar-refractivity contribution < 1.29 is 27.4 Å². The normalized spacial score (nSPS) is 20.6. The number of ether oxygens (including phenoxy) is 2. The molecule has 0 spiro atoms. The SMILES string of the molecule is O=C(OCc1ccccc1)N1C2C=C(Cc3ccc(OC(F)(F)F)cc3)CC1CC2. The van der Waals surface area contributed by atoms with Crippen LogP contribution in [0.3, 0.4) is 0 Å². The van der Waals surface area contributed by atoms with Gasteiger partial charge in [0.2, 0.25) is 0 Å². The first-order chi connectivity index (χ1) is 14.4. The van der Waals surface area contributed by atoms with E-state index >= 15 is 0 Å². The molecule has 4 rings (SSSR count). The Morgan fingerprint density at radius 1 is 1.00 bits per heavy atom. The second-order valence-corrected chi connectivity index (χ2v) is 7.64. The maximum atomic E-state index is 12.6. The predicted octanol–water partition coefficient (Wildman–Crippen LogP) is 5.63. The van der Waals surface area contributed by atoms with Gasteiger partial charge in [0, 0.05) is 6.04 Å². The molecule has 30 heavy (non-hydrogen) atoms. The second kappa shape index (κ2) is 8.42. The zero-order valence-corrected chi connectivity index (χ0v) is 16.3. The molecule has 2 unspecified atom stereocenters. The van der Waals surface area contributed by atoms with E-state index in [1.165, 1.54) is 17.7 Å². The summed E-state index contributed by atoms with van der Waals surface area (Å²) in [6.45, 7) is 0.249. The average molecular weight is 417 g/mol. The van der Waals surface area contributed by atoms with Crippen LogP contribution in [0.15, 0.2) is 66.2 Å². The van der Waals surface area contributed by atoms with Crippen LogP contribution in [0, 0.1) is 0 Å². The van der Waals surface area contributed by atoms with E-state index in [2.05, 4.69) is 10.8 Å². The highest BCUT2D eigenvalue weighted by molar-refractivity contribution is 5.70. The summed E-state index contributed by atoms with van der Waals surface area (Å²) in [4.78, 5) is 14.4. The van der Waals surface area contributed by atoms with Crippen molar-refractivity contribution in [1.29, 1.82) is 0 Å². The van der Waals surface area contributed by atoms with Crippen molar-refractivity contribution in [2.45, 2.75) is 50.7 Å². The van der Waals surface area contributed by atoms with Gasteiger partial charge in [-0.15, -0.1) is 13.2 Å². The lowest BCUT2D eigenvalue weighted by Crippen LogP contribution is -2.43. The highest BCUT2D eigenvalue weighted by atomic mass is 19.4. The lowest BCUT2D eigenvalue weighted by atomic mass is 9.95. The van der Waals surface area contributed by atoms with E-state index in [1.807, 2.05) is 35.2 Å². The number of halogens is 3. The highest BCUT2D eigenvalue weighted by Gasteiger charge is 2.40. The summed E-state index contributed by atoms with van der Waals surface area (Å²) >= 11 is 0. The Kier molecular flexibility index (Phi) is 5.70. The molecule has 2 aromatic rings. The molecule has 2 aliphatic rings. The second-order valence-electron chi connectivity index (χ2n) is 7.64. The highest BCUT2D eigenvalue weighted by Crippen LogP contribution is 2.36. The lowest BCUT2D eigenvalue weighted by Gasteiger charge is -2.33. The van der Waals surface area contributed by atoms with Crippen molar-refractivity contribution in [3.8, 4) is 5.75 Å². The van der Waals surface area contributed by atoms with Crippen LogP contribution in [0.2, 0.25) is 0 Å². The molecule has 0 N–H and O–H groups in total. The van der Waals surface area contributed by atoms with Gasteiger partial charge < -0.3 is 9.47 Å². The molecule has 1 fully saturated rings. The van der Waals surface area contributed by atoms with Crippen LogP contribution in [0.1, 0.15) is 30.4 Å². The summed E-state index contributed by atoms with van der Waals surface area (Å²) in [5, 5.41) is 0. The van der Waals surface area contributed by atoms with E-state index in [0.29, 0.717) is 6.42 Å². The number of hydrogen-bond acceptors (Lipinski definition) is 3. The third kappa shape index (κ3) is 4.96. The molecule has 1 saturated heterocycles. The molecular formula is C23H22F3NO3. The standard InChI is InChI=1S/C23H22F3NO3/c24-23(25,26)30-21-10-6-16(7-11-21)12-18-13-19-8-9-20(14-18)27(19)22(28)29-15-17-4-2-1-3-5-17/h1-7,10-11,13,19-20H,8-9,12,14-15H2. The van der Waals surface area contributed by atoms with Gasteiger partial charge in [-0.2, -0.15) is 0 Å². The van der Waals surface area contributed by atoms with Crippen molar-refractivity contribution in [3.63, 3.8) is 0 Å². The van der Waals surface area contributed by atoms with Gasteiger partial charge in [0.05, 0.1) is 6.04 Å². The van der Waals surface area contributed by atoms with Gasteiger partial charge in [-0.25, -0.2) is 4.79 Å². The molecule has 2 bridgehead atoms. The monoisotopic (exact) mass is 417 g/mol. The van der Waals surface area contributed by atoms with Gasteiger partial charge in [0.1, 0.15) is 12.4 Å². The summed E-state index contributed by atoms with van der Waals surface area (Å²) in [6.07, 6.45) is 0.328. The third-order valence-electron chi connectivity index (χ3n) is 5.48. The third-order valence-corrected chi connectivity index (χ3v) is 5.48. The first kappa shape index (κ1) is 20.3. The minimum Gasteiger partial charge on any atom is -0.445 e. The van der Waals surface area contributed by atoms with Crippen molar-refractivity contribution in [2.24, 2.45) is 0 Å². The molecule has 2 aromatic carbocycles. The van der Waals surface area contributed by atoms with E-state index in [0.717, 1.165) is 30.4 Å². The van der Waals surface area contributed by atoms with E-state index in [1.54, 1.807) is 12.1 Å². The van der Waals surface area contributed by atoms with Crippen molar-refractivity contribution in [2.75, 3.05) is 0 Å². The topological polar surface area (TPSA) is 38.8 Å². The summed E-state index contributed by atoms with van der Waals surface area (Å²) in [6, 6.07) is 15.6. The average Bonchev–Trinajstić information content (AvgIpc) is 2.98. The maximum absolute atomic E-state index is 12.6. The van der Waals surface area contributed by atoms with Crippen molar-refractivity contribution >= 4 is 6.09 Å². The fourth-order valence-electron chi connectivity index (χ4n) is 4.20. The Hall–Kier alpha value is -2.96. The molecule has 2 heterocycles. The van der Waals surface area contributed by atoms with Gasteiger partial charge >= 0.3 is 12.5 Å². The van der Waals surface area contributed by atoms with Gasteiger partial charge in [-0.05, 0) is 48.9 Å². The van der Waals surface area contributed by atoms with Gasteiger partial charge in [-0.3, -0.25) is 4.90 Å². The quantitative estimate of drug-likeness (QED) is 0.592. The largest absolute Gasteiger partial charge is 0.573 e. The number of carbonyl (C=O) groups is 1. The molecule has 0 aliphatic carbocycles. The van der Waals surface area contributed by atoms with Crippen molar-refractivity contribution in [1.82, 2.24) is 4.90 Å². The number of benzene rings is 2. The van der Waals surface area contributed by atoms with Crippen LogP contribution >= 0.6 is 0 Å². The molecular weight excluding hydrogens is 395 g/mol. The van der Waals surface area contributed by atoms with Crippen LogP contribution in [0.4, 0.5) is 18.0 Å². The summed E-state index contributed by atoms with van der Waals surface area (Å²) < 4.78 is 46.3. The number of nitrogens with zero attached hydrogens (tertiary/aromatic N) is 1. The molecule has 7 heteroatoms. The molecule has 2 aliphatic heterocycles. The molecule has 2 atom stereocenters. The minimum absolute atomic E-state index is 0.00913. The van der Waals surface area contributed by atoms with Crippen molar-refractivity contribution in [3.05, 3.63) is 77.4 Å². The first-order valence-corrected chi connectivity index (χ1v) is 9.91. The predicted molar refractivity (Wildman–Crippen MR) is 105 cm³/mol. The lowest BCUT2D eigenvalue weighted by molar-refractivity contribution is -0.274. The smallest absolute Gasteiger partial charge is 0.445 e. The summed E-state index contributed by atoms with van der Waals surface area (Å²) in [5.74, 6) is -0.226. The fraction of sp³-hybridized carbons (Fsp3) is 0.348. The van der Waals surface area contributed by atoms with E-state index < -0.39 is 6.36 Å². The number of alkyl halides is 3. The van der Waals surface area contributed by atoms with Crippen LogP contribution in [0.25, 0.3) is 0 Å². The molecule has 1 amide bonds. The molecule has 0 aromatic heterocycles. The summed E-state index contributed by atoms with van der Waals surface area (Å²) in [5.41, 5.74) is 3.05. The zero-order chi connectivity index (χ0) is 21.1. The van der Waals surface area contributed by atoms with Gasteiger partial charge in [0.15, 0.2) is 0 Å².